The third kappa shape index (κ3) is 5.57. The number of H-pyrrole nitrogens is 1. The smallest absolute Gasteiger partial charge is 0.345 e. The molecule has 4 aromatic rings. The lowest BCUT2D eigenvalue weighted by Crippen LogP contribution is -2.09. The Morgan fingerprint density at radius 2 is 1.79 bits per heavy atom. The van der Waals surface area contributed by atoms with E-state index in [9.17, 15) is 9.59 Å². The number of anilines is 1. The summed E-state index contributed by atoms with van der Waals surface area (Å²) in [5, 5.41) is 4.19. The Morgan fingerprint density at radius 1 is 1.00 bits per heavy atom. The van der Waals surface area contributed by atoms with Gasteiger partial charge in [0.05, 0.1) is 17.7 Å². The van der Waals surface area contributed by atoms with E-state index in [1.54, 1.807) is 49.8 Å². The maximum absolute atomic E-state index is 12.8. The number of nitrogens with zero attached hydrogens (tertiary/aromatic N) is 1. The molecular formula is C26H25N3O4. The number of fused-ring (bicyclic) bond motifs is 1. The summed E-state index contributed by atoms with van der Waals surface area (Å²) in [5.74, 6) is -0.527. The topological polar surface area (TPSA) is 93.3 Å². The summed E-state index contributed by atoms with van der Waals surface area (Å²) >= 11 is 0. The molecule has 0 bridgehead atoms. The largest absolute Gasteiger partial charge is 0.462 e. The molecule has 0 fully saturated rings. The molecule has 0 spiro atoms. The molecule has 0 aliphatic rings. The molecule has 0 aliphatic heterocycles. The molecule has 4 rings (SSSR count). The zero-order valence-electron chi connectivity index (χ0n) is 18.3. The van der Waals surface area contributed by atoms with E-state index in [1.165, 1.54) is 5.56 Å². The Kier molecular flexibility index (Phi) is 6.99. The summed E-state index contributed by atoms with van der Waals surface area (Å²) in [4.78, 5) is 31.7. The number of benzene rings is 2. The SMILES string of the molecule is CCOC(=O)c1ccc(OC(=O)c2c[nH]c3ccc(NCCCc4ccncc4)cc23)cc1. The van der Waals surface area contributed by atoms with E-state index in [1.807, 2.05) is 30.3 Å². The average Bonchev–Trinajstić information content (AvgIpc) is 3.27. The Morgan fingerprint density at radius 3 is 2.55 bits per heavy atom. The Hall–Kier alpha value is -4.13. The van der Waals surface area contributed by atoms with Crippen LogP contribution in [0.5, 0.6) is 5.75 Å². The summed E-state index contributed by atoms with van der Waals surface area (Å²) in [6, 6.07) is 16.2. The van der Waals surface area contributed by atoms with Crippen molar-refractivity contribution < 1.29 is 19.1 Å². The number of carbonyl (C=O) groups excluding carboxylic acids is 2. The molecule has 0 aliphatic carbocycles. The lowest BCUT2D eigenvalue weighted by Gasteiger charge is -2.08. The third-order valence-corrected chi connectivity index (χ3v) is 5.20. The fourth-order valence-electron chi connectivity index (χ4n) is 3.51. The molecule has 7 heteroatoms. The summed E-state index contributed by atoms with van der Waals surface area (Å²) < 4.78 is 10.5. The predicted molar refractivity (Wildman–Crippen MR) is 127 cm³/mol. The van der Waals surface area contributed by atoms with Crippen LogP contribution in [0.4, 0.5) is 5.69 Å². The molecule has 0 saturated carbocycles. The van der Waals surface area contributed by atoms with Crippen molar-refractivity contribution in [3.05, 3.63) is 89.9 Å². The van der Waals surface area contributed by atoms with Crippen molar-refractivity contribution in [1.82, 2.24) is 9.97 Å². The fourth-order valence-corrected chi connectivity index (χ4v) is 3.51. The molecule has 0 saturated heterocycles. The zero-order chi connectivity index (χ0) is 23.0. The number of hydrogen-bond acceptors (Lipinski definition) is 6. The third-order valence-electron chi connectivity index (χ3n) is 5.20. The predicted octanol–water partition coefficient (Wildman–Crippen LogP) is 5.00. The summed E-state index contributed by atoms with van der Waals surface area (Å²) in [7, 11) is 0. The van der Waals surface area contributed by atoms with Crippen LogP contribution in [0.3, 0.4) is 0 Å². The van der Waals surface area contributed by atoms with Gasteiger partial charge in [-0.1, -0.05) is 0 Å². The highest BCUT2D eigenvalue weighted by Crippen LogP contribution is 2.24. The van der Waals surface area contributed by atoms with E-state index >= 15 is 0 Å². The van der Waals surface area contributed by atoms with Gasteiger partial charge in [-0.2, -0.15) is 0 Å². The number of ether oxygens (including phenoxy) is 2. The highest BCUT2D eigenvalue weighted by molar-refractivity contribution is 6.05. The van der Waals surface area contributed by atoms with Crippen LogP contribution in [0.15, 0.2) is 73.2 Å². The van der Waals surface area contributed by atoms with E-state index < -0.39 is 11.9 Å². The highest BCUT2D eigenvalue weighted by atomic mass is 16.5. The van der Waals surface area contributed by atoms with Crippen LogP contribution in [0.1, 0.15) is 39.6 Å². The number of carbonyl (C=O) groups is 2. The number of pyridine rings is 1. The molecule has 168 valence electrons. The van der Waals surface area contributed by atoms with Gasteiger partial charge >= 0.3 is 11.9 Å². The number of esters is 2. The lowest BCUT2D eigenvalue weighted by molar-refractivity contribution is 0.0526. The van der Waals surface area contributed by atoms with Crippen molar-refractivity contribution in [3.8, 4) is 5.75 Å². The van der Waals surface area contributed by atoms with Gasteiger partial charge < -0.3 is 19.8 Å². The van der Waals surface area contributed by atoms with Gasteiger partial charge in [0.25, 0.3) is 0 Å². The molecule has 2 N–H and O–H groups in total. The lowest BCUT2D eigenvalue weighted by atomic mass is 10.1. The monoisotopic (exact) mass is 443 g/mol. The molecule has 0 amide bonds. The maximum Gasteiger partial charge on any atom is 0.345 e. The van der Waals surface area contributed by atoms with E-state index in [0.717, 1.165) is 36.0 Å². The first-order valence-electron chi connectivity index (χ1n) is 10.9. The first-order valence-corrected chi connectivity index (χ1v) is 10.9. The second-order valence-electron chi connectivity index (χ2n) is 7.48. The molecule has 2 aromatic carbocycles. The van der Waals surface area contributed by atoms with Crippen LogP contribution < -0.4 is 10.1 Å². The van der Waals surface area contributed by atoms with Crippen LogP contribution in [-0.4, -0.2) is 35.1 Å². The first kappa shape index (κ1) is 22.1. The molecule has 7 nitrogen and oxygen atoms in total. The molecule has 0 radical (unpaired) electrons. The molecular weight excluding hydrogens is 418 g/mol. The number of aryl methyl sites for hydroxylation is 1. The van der Waals surface area contributed by atoms with Gasteiger partial charge in [0.1, 0.15) is 5.75 Å². The molecule has 2 aromatic heterocycles. The molecule has 33 heavy (non-hydrogen) atoms. The van der Waals surface area contributed by atoms with E-state index in [2.05, 4.69) is 15.3 Å². The number of rotatable bonds is 9. The van der Waals surface area contributed by atoms with Gasteiger partial charge in [-0.15, -0.1) is 0 Å². The summed E-state index contributed by atoms with van der Waals surface area (Å²) in [6.45, 7) is 2.86. The zero-order valence-corrected chi connectivity index (χ0v) is 18.3. The van der Waals surface area contributed by atoms with Crippen LogP contribution in [0, 0.1) is 0 Å². The van der Waals surface area contributed by atoms with Gasteiger partial charge in [-0.25, -0.2) is 9.59 Å². The molecule has 2 heterocycles. The number of aromatic amines is 1. The quantitative estimate of drug-likeness (QED) is 0.215. The highest BCUT2D eigenvalue weighted by Gasteiger charge is 2.15. The summed E-state index contributed by atoms with van der Waals surface area (Å²) in [5.41, 5.74) is 3.89. The van der Waals surface area contributed by atoms with E-state index in [4.69, 9.17) is 9.47 Å². The van der Waals surface area contributed by atoms with Crippen LogP contribution in [-0.2, 0) is 11.2 Å². The average molecular weight is 444 g/mol. The second-order valence-corrected chi connectivity index (χ2v) is 7.48. The van der Waals surface area contributed by atoms with E-state index in [-0.39, 0.29) is 0 Å². The van der Waals surface area contributed by atoms with Crippen molar-refractivity contribution >= 4 is 28.5 Å². The van der Waals surface area contributed by atoms with Gasteiger partial charge in [0.15, 0.2) is 0 Å². The fraction of sp³-hybridized carbons (Fsp3) is 0.192. The minimum absolute atomic E-state index is 0.303. The van der Waals surface area contributed by atoms with Crippen LogP contribution in [0.2, 0.25) is 0 Å². The number of nitrogens with one attached hydrogen (secondary N) is 2. The van der Waals surface area contributed by atoms with Crippen molar-refractivity contribution in [3.63, 3.8) is 0 Å². The first-order chi connectivity index (χ1) is 16.1. The standard InChI is InChI=1S/C26H25N3O4/c1-2-32-25(30)19-5-8-21(9-6-19)33-26(31)23-17-29-24-10-7-20(16-22(23)24)28-13-3-4-18-11-14-27-15-12-18/h5-12,14-17,28-29H,2-4,13H2,1H3. The van der Waals surface area contributed by atoms with Crippen molar-refractivity contribution in [2.75, 3.05) is 18.5 Å². The van der Waals surface area contributed by atoms with Gasteiger partial charge in [0, 0.05) is 41.7 Å². The summed E-state index contributed by atoms with van der Waals surface area (Å²) in [6.07, 6.45) is 7.20. The van der Waals surface area contributed by atoms with Gasteiger partial charge in [-0.05, 0) is 79.9 Å². The normalized spacial score (nSPS) is 10.7. The van der Waals surface area contributed by atoms with Gasteiger partial charge in [0.2, 0.25) is 0 Å². The van der Waals surface area contributed by atoms with Crippen molar-refractivity contribution in [2.24, 2.45) is 0 Å². The Labute approximate surface area is 191 Å². The van der Waals surface area contributed by atoms with Crippen molar-refractivity contribution in [1.29, 1.82) is 0 Å². The number of hydrogen-bond donors (Lipinski definition) is 2. The molecule has 0 atom stereocenters. The van der Waals surface area contributed by atoms with Crippen molar-refractivity contribution in [2.45, 2.75) is 19.8 Å². The van der Waals surface area contributed by atoms with Gasteiger partial charge in [-0.3, -0.25) is 4.98 Å². The van der Waals surface area contributed by atoms with Crippen LogP contribution in [0.25, 0.3) is 10.9 Å². The Balaban J connectivity index is 1.39. The number of aromatic nitrogens is 2. The minimum atomic E-state index is -0.472. The second kappa shape index (κ2) is 10.5. The van der Waals surface area contributed by atoms with E-state index in [0.29, 0.717) is 23.5 Å². The molecule has 0 unspecified atom stereocenters. The van der Waals surface area contributed by atoms with Crippen LogP contribution >= 0.6 is 0 Å². The Bertz CT molecular complexity index is 1230. The minimum Gasteiger partial charge on any atom is -0.462 e. The maximum atomic E-state index is 12.8.